The van der Waals surface area contributed by atoms with Crippen LogP contribution in [0.2, 0.25) is 0 Å². The Kier molecular flexibility index (Phi) is 7.85. The third kappa shape index (κ3) is 6.09. The van der Waals surface area contributed by atoms with Crippen LogP contribution in [0.4, 0.5) is 25.0 Å². The molecule has 11 heteroatoms. The first-order valence-corrected chi connectivity index (χ1v) is 9.11. The van der Waals surface area contributed by atoms with Crippen LogP contribution in [0.25, 0.3) is 0 Å². The van der Waals surface area contributed by atoms with Gasteiger partial charge in [0.2, 0.25) is 5.91 Å². The van der Waals surface area contributed by atoms with Crippen molar-refractivity contribution < 1.29 is 27.9 Å². The van der Waals surface area contributed by atoms with Crippen molar-refractivity contribution in [2.75, 3.05) is 36.5 Å². The first-order valence-electron chi connectivity index (χ1n) is 9.11. The number of rotatable bonds is 7. The van der Waals surface area contributed by atoms with E-state index in [0.717, 1.165) is 6.07 Å². The van der Waals surface area contributed by atoms with E-state index in [1.165, 1.54) is 17.0 Å². The van der Waals surface area contributed by atoms with E-state index < -0.39 is 30.0 Å². The van der Waals surface area contributed by atoms with Crippen LogP contribution in [0.15, 0.2) is 18.2 Å². The predicted molar refractivity (Wildman–Crippen MR) is 103 cm³/mol. The van der Waals surface area contributed by atoms with Gasteiger partial charge in [-0.05, 0) is 32.0 Å². The first kappa shape index (κ1) is 22.5. The summed E-state index contributed by atoms with van der Waals surface area (Å²) in [5.74, 6) is -1.07. The van der Waals surface area contributed by atoms with E-state index in [1.807, 2.05) is 0 Å². The fourth-order valence-corrected chi connectivity index (χ4v) is 2.72. The molecule has 2 rings (SSSR count). The molecule has 0 spiro atoms. The highest BCUT2D eigenvalue weighted by molar-refractivity contribution is 5.99. The highest BCUT2D eigenvalue weighted by Gasteiger charge is 2.25. The van der Waals surface area contributed by atoms with Gasteiger partial charge >= 0.3 is 6.03 Å². The van der Waals surface area contributed by atoms with Gasteiger partial charge in [0.15, 0.2) is 0 Å². The molecular weight excluding hydrogens is 388 g/mol. The van der Waals surface area contributed by atoms with Gasteiger partial charge in [-0.2, -0.15) is 0 Å². The molecule has 1 aromatic carbocycles. The number of carbonyl (C=O) groups is 3. The first-order chi connectivity index (χ1) is 13.7. The molecule has 0 radical (unpaired) electrons. The number of nitrogens with zero attached hydrogens (tertiary/aromatic N) is 1. The number of hydrogen-bond acceptors (Lipinski definition) is 5. The number of ether oxygens (including phenoxy) is 1. The number of hydrogen-bond donors (Lipinski definition) is 4. The van der Waals surface area contributed by atoms with Crippen LogP contribution in [0.3, 0.4) is 0 Å². The monoisotopic (exact) mass is 413 g/mol. The van der Waals surface area contributed by atoms with Gasteiger partial charge in [-0.25, -0.2) is 13.6 Å². The van der Waals surface area contributed by atoms with Gasteiger partial charge in [0.1, 0.15) is 12.6 Å². The maximum atomic E-state index is 13.6. The van der Waals surface area contributed by atoms with Crippen LogP contribution in [0.5, 0.6) is 0 Å². The van der Waals surface area contributed by atoms with Crippen molar-refractivity contribution in [2.45, 2.75) is 32.4 Å². The fourth-order valence-electron chi connectivity index (χ4n) is 2.72. The summed E-state index contributed by atoms with van der Waals surface area (Å²) in [6, 6.07) is 2.04. The second kappa shape index (κ2) is 10.1. The summed E-state index contributed by atoms with van der Waals surface area (Å²) < 4.78 is 32.2. The number of anilines is 2. The number of halogens is 2. The lowest BCUT2D eigenvalue weighted by molar-refractivity contribution is -0.125. The third-order valence-electron chi connectivity index (χ3n) is 4.10. The van der Waals surface area contributed by atoms with Crippen LogP contribution in [-0.4, -0.2) is 56.2 Å². The second-order valence-electron chi connectivity index (χ2n) is 6.72. The molecule has 1 aliphatic rings. The van der Waals surface area contributed by atoms with Gasteiger partial charge in [0.25, 0.3) is 12.3 Å². The molecule has 0 bridgehead atoms. The standard InChI is InChI=1S/C18H25F2N5O4/c1-10(2)22-18(28)24-14(8-21)17(27)23-13-4-3-11(7-12(13)16(19)20)25-5-6-29-9-15(25)26/h3-4,7,10,14,16H,5-6,8-9,21H2,1-2H3,(H,23,27)(H2,22,24,28)/t14-/m0/s1. The molecule has 160 valence electrons. The fraction of sp³-hybridized carbons (Fsp3) is 0.500. The molecular formula is C18H25F2N5O4. The number of amides is 4. The summed E-state index contributed by atoms with van der Waals surface area (Å²) in [5.41, 5.74) is 5.25. The zero-order chi connectivity index (χ0) is 21.6. The maximum Gasteiger partial charge on any atom is 0.315 e. The molecule has 0 aromatic heterocycles. The van der Waals surface area contributed by atoms with Crippen molar-refractivity contribution in [3.8, 4) is 0 Å². The van der Waals surface area contributed by atoms with E-state index in [9.17, 15) is 23.2 Å². The molecule has 0 aliphatic carbocycles. The average molecular weight is 413 g/mol. The summed E-state index contributed by atoms with van der Waals surface area (Å²) in [7, 11) is 0. The Bertz CT molecular complexity index is 760. The molecule has 1 atom stereocenters. The SMILES string of the molecule is CC(C)NC(=O)N[C@@H](CN)C(=O)Nc1ccc(N2CCOCC2=O)cc1C(F)F. The van der Waals surface area contributed by atoms with Crippen molar-refractivity contribution in [3.05, 3.63) is 23.8 Å². The second-order valence-corrected chi connectivity index (χ2v) is 6.72. The maximum absolute atomic E-state index is 13.6. The molecule has 1 aliphatic heterocycles. The normalized spacial score (nSPS) is 15.4. The van der Waals surface area contributed by atoms with Crippen LogP contribution in [0, 0.1) is 0 Å². The van der Waals surface area contributed by atoms with Crippen molar-refractivity contribution in [1.29, 1.82) is 0 Å². The summed E-state index contributed by atoms with van der Waals surface area (Å²) in [6.07, 6.45) is -2.89. The van der Waals surface area contributed by atoms with Gasteiger partial charge < -0.3 is 31.3 Å². The topological polar surface area (TPSA) is 126 Å². The summed E-state index contributed by atoms with van der Waals surface area (Å²) >= 11 is 0. The predicted octanol–water partition coefficient (Wildman–Crippen LogP) is 0.961. The minimum Gasteiger partial charge on any atom is -0.370 e. The van der Waals surface area contributed by atoms with E-state index in [2.05, 4.69) is 16.0 Å². The lowest BCUT2D eigenvalue weighted by atomic mass is 10.1. The number of urea groups is 1. The Labute approximate surface area is 166 Å². The lowest BCUT2D eigenvalue weighted by Gasteiger charge is -2.27. The van der Waals surface area contributed by atoms with Gasteiger partial charge in [-0.1, -0.05) is 0 Å². The zero-order valence-corrected chi connectivity index (χ0v) is 16.2. The van der Waals surface area contributed by atoms with E-state index in [-0.39, 0.29) is 43.0 Å². The third-order valence-corrected chi connectivity index (χ3v) is 4.10. The van der Waals surface area contributed by atoms with Crippen LogP contribution in [-0.2, 0) is 14.3 Å². The quantitative estimate of drug-likeness (QED) is 0.530. The van der Waals surface area contributed by atoms with Crippen LogP contribution >= 0.6 is 0 Å². The van der Waals surface area contributed by atoms with Gasteiger partial charge in [0, 0.05) is 36.1 Å². The number of nitrogens with one attached hydrogen (secondary N) is 3. The molecule has 1 aromatic rings. The Balaban J connectivity index is 2.17. The highest BCUT2D eigenvalue weighted by Crippen LogP contribution is 2.31. The summed E-state index contributed by atoms with van der Waals surface area (Å²) in [5, 5.41) is 7.32. The van der Waals surface area contributed by atoms with Crippen molar-refractivity contribution >= 4 is 29.2 Å². The van der Waals surface area contributed by atoms with E-state index >= 15 is 0 Å². The van der Waals surface area contributed by atoms with E-state index in [4.69, 9.17) is 10.5 Å². The van der Waals surface area contributed by atoms with Crippen molar-refractivity contribution in [3.63, 3.8) is 0 Å². The summed E-state index contributed by atoms with van der Waals surface area (Å²) in [6.45, 7) is 3.69. The number of nitrogens with two attached hydrogens (primary N) is 1. The molecule has 29 heavy (non-hydrogen) atoms. The smallest absolute Gasteiger partial charge is 0.315 e. The van der Waals surface area contributed by atoms with Gasteiger partial charge in [0.05, 0.1) is 6.61 Å². The lowest BCUT2D eigenvalue weighted by Crippen LogP contribution is -2.52. The molecule has 1 fully saturated rings. The molecule has 0 unspecified atom stereocenters. The zero-order valence-electron chi connectivity index (χ0n) is 16.2. The summed E-state index contributed by atoms with van der Waals surface area (Å²) in [4.78, 5) is 37.5. The minimum atomic E-state index is -2.89. The van der Waals surface area contributed by atoms with Gasteiger partial charge in [-0.3, -0.25) is 9.59 Å². The number of benzene rings is 1. The largest absolute Gasteiger partial charge is 0.370 e. The van der Waals surface area contributed by atoms with Gasteiger partial charge in [-0.15, -0.1) is 0 Å². The van der Waals surface area contributed by atoms with Crippen LogP contribution < -0.4 is 26.6 Å². The molecule has 0 saturated carbocycles. The number of carbonyl (C=O) groups excluding carboxylic acids is 3. The van der Waals surface area contributed by atoms with Crippen LogP contribution in [0.1, 0.15) is 25.8 Å². The average Bonchev–Trinajstić information content (AvgIpc) is 2.66. The molecule has 1 saturated heterocycles. The van der Waals surface area contributed by atoms with Crippen molar-refractivity contribution in [2.24, 2.45) is 5.73 Å². The highest BCUT2D eigenvalue weighted by atomic mass is 19.3. The Morgan fingerprint density at radius 2 is 2.00 bits per heavy atom. The Morgan fingerprint density at radius 1 is 1.28 bits per heavy atom. The number of alkyl halides is 2. The molecule has 4 amide bonds. The van der Waals surface area contributed by atoms with Crippen molar-refractivity contribution in [1.82, 2.24) is 10.6 Å². The van der Waals surface area contributed by atoms with E-state index in [0.29, 0.717) is 6.61 Å². The Hall–Kier alpha value is -2.79. The Morgan fingerprint density at radius 3 is 2.59 bits per heavy atom. The number of morpholine rings is 1. The minimum absolute atomic E-state index is 0.120. The van der Waals surface area contributed by atoms with E-state index in [1.54, 1.807) is 13.8 Å². The molecule has 9 nitrogen and oxygen atoms in total. The molecule has 1 heterocycles. The molecule has 5 N–H and O–H groups in total.